The molecular weight excluding hydrogens is 316 g/mol. The lowest BCUT2D eigenvalue weighted by Crippen LogP contribution is -2.34. The number of ether oxygens (including phenoxy) is 1. The number of benzene rings is 1. The van der Waals surface area contributed by atoms with Crippen molar-refractivity contribution in [2.75, 3.05) is 26.2 Å². The van der Waals surface area contributed by atoms with Gasteiger partial charge in [0.25, 0.3) is 5.91 Å². The van der Waals surface area contributed by atoms with E-state index in [0.29, 0.717) is 24.7 Å². The molecule has 5 heteroatoms. The Morgan fingerprint density at radius 3 is 2.44 bits per heavy atom. The standard InChI is InChI=1S/C20H28N2O3/c1-5-22(6-2)13-12-21-20(23)18-11-10-17(25-18)14-24-19-15(3)8-7-9-16(19)4/h7-11H,5-6,12-14H2,1-4H3,(H,21,23). The summed E-state index contributed by atoms with van der Waals surface area (Å²) in [6.07, 6.45) is 0. The predicted molar refractivity (Wildman–Crippen MR) is 99.1 cm³/mol. The van der Waals surface area contributed by atoms with E-state index in [9.17, 15) is 4.79 Å². The fraction of sp³-hybridized carbons (Fsp3) is 0.450. The molecule has 136 valence electrons. The zero-order valence-corrected chi connectivity index (χ0v) is 15.6. The van der Waals surface area contributed by atoms with E-state index in [1.54, 1.807) is 12.1 Å². The van der Waals surface area contributed by atoms with Gasteiger partial charge in [0, 0.05) is 13.1 Å². The molecule has 25 heavy (non-hydrogen) atoms. The summed E-state index contributed by atoms with van der Waals surface area (Å²) in [6.45, 7) is 12.0. The van der Waals surface area contributed by atoms with Gasteiger partial charge in [-0.3, -0.25) is 4.79 Å². The minimum absolute atomic E-state index is 0.189. The van der Waals surface area contributed by atoms with E-state index in [-0.39, 0.29) is 5.91 Å². The highest BCUT2D eigenvalue weighted by atomic mass is 16.5. The minimum Gasteiger partial charge on any atom is -0.485 e. The fourth-order valence-electron chi connectivity index (χ4n) is 2.70. The first-order valence-electron chi connectivity index (χ1n) is 8.83. The second-order valence-electron chi connectivity index (χ2n) is 6.06. The number of hydrogen-bond donors (Lipinski definition) is 1. The number of carbonyl (C=O) groups is 1. The highest BCUT2D eigenvalue weighted by Crippen LogP contribution is 2.23. The molecule has 0 saturated heterocycles. The quantitative estimate of drug-likeness (QED) is 0.756. The maximum Gasteiger partial charge on any atom is 0.287 e. The molecule has 0 saturated carbocycles. The van der Waals surface area contributed by atoms with Crippen LogP contribution in [0.4, 0.5) is 0 Å². The van der Waals surface area contributed by atoms with Crippen LogP contribution >= 0.6 is 0 Å². The number of amides is 1. The molecule has 0 unspecified atom stereocenters. The Hall–Kier alpha value is -2.27. The minimum atomic E-state index is -0.189. The Morgan fingerprint density at radius 2 is 1.80 bits per heavy atom. The van der Waals surface area contributed by atoms with Crippen LogP contribution in [-0.4, -0.2) is 37.0 Å². The third-order valence-electron chi connectivity index (χ3n) is 4.26. The first-order chi connectivity index (χ1) is 12.0. The summed E-state index contributed by atoms with van der Waals surface area (Å²) in [6, 6.07) is 9.51. The number of rotatable bonds is 9. The molecule has 0 bridgehead atoms. The lowest BCUT2D eigenvalue weighted by molar-refractivity contribution is 0.0917. The number of furan rings is 1. The molecule has 1 heterocycles. The van der Waals surface area contributed by atoms with E-state index in [2.05, 4.69) is 24.1 Å². The zero-order valence-electron chi connectivity index (χ0n) is 15.6. The molecule has 5 nitrogen and oxygen atoms in total. The summed E-state index contributed by atoms with van der Waals surface area (Å²) in [5.74, 6) is 1.63. The van der Waals surface area contributed by atoms with E-state index in [4.69, 9.17) is 9.15 Å². The van der Waals surface area contributed by atoms with Gasteiger partial charge in [-0.2, -0.15) is 0 Å². The van der Waals surface area contributed by atoms with Gasteiger partial charge in [0.15, 0.2) is 5.76 Å². The molecule has 0 spiro atoms. The van der Waals surface area contributed by atoms with Crippen LogP contribution in [0.25, 0.3) is 0 Å². The number of nitrogens with one attached hydrogen (secondary N) is 1. The SMILES string of the molecule is CCN(CC)CCNC(=O)c1ccc(COc2c(C)cccc2C)o1. The van der Waals surface area contributed by atoms with Crippen LogP contribution in [0.1, 0.15) is 41.3 Å². The lowest BCUT2D eigenvalue weighted by Gasteiger charge is -2.17. The summed E-state index contributed by atoms with van der Waals surface area (Å²) >= 11 is 0. The summed E-state index contributed by atoms with van der Waals surface area (Å²) in [4.78, 5) is 14.4. The third-order valence-corrected chi connectivity index (χ3v) is 4.26. The molecule has 1 amide bonds. The first-order valence-corrected chi connectivity index (χ1v) is 8.83. The van der Waals surface area contributed by atoms with Crippen LogP contribution in [0.15, 0.2) is 34.7 Å². The van der Waals surface area contributed by atoms with Crippen LogP contribution in [-0.2, 0) is 6.61 Å². The summed E-state index contributed by atoms with van der Waals surface area (Å²) in [5.41, 5.74) is 2.17. The van der Waals surface area contributed by atoms with Crippen LogP contribution < -0.4 is 10.1 Å². The van der Waals surface area contributed by atoms with E-state index in [0.717, 1.165) is 36.5 Å². The summed E-state index contributed by atoms with van der Waals surface area (Å²) in [5, 5.41) is 2.89. The van der Waals surface area contributed by atoms with Crippen LogP contribution in [0.5, 0.6) is 5.75 Å². The van der Waals surface area contributed by atoms with Gasteiger partial charge in [-0.1, -0.05) is 32.0 Å². The Kier molecular flexibility index (Phi) is 7.07. The second kappa shape index (κ2) is 9.28. The van der Waals surface area contributed by atoms with Crippen molar-refractivity contribution in [1.82, 2.24) is 10.2 Å². The molecule has 0 aliphatic rings. The van der Waals surface area contributed by atoms with Crippen molar-refractivity contribution in [3.05, 3.63) is 53.0 Å². The van der Waals surface area contributed by atoms with Crippen LogP contribution in [0.3, 0.4) is 0 Å². The van der Waals surface area contributed by atoms with Gasteiger partial charge >= 0.3 is 0 Å². The van der Waals surface area contributed by atoms with E-state index in [1.165, 1.54) is 0 Å². The van der Waals surface area contributed by atoms with E-state index < -0.39 is 0 Å². The number of carbonyl (C=O) groups excluding carboxylic acids is 1. The van der Waals surface area contributed by atoms with Crippen molar-refractivity contribution in [2.24, 2.45) is 0 Å². The Bertz CT molecular complexity index is 670. The molecule has 2 rings (SSSR count). The fourth-order valence-corrected chi connectivity index (χ4v) is 2.70. The molecule has 1 aromatic heterocycles. The van der Waals surface area contributed by atoms with Crippen molar-refractivity contribution in [3.8, 4) is 5.75 Å². The topological polar surface area (TPSA) is 54.7 Å². The third kappa shape index (κ3) is 5.36. The smallest absolute Gasteiger partial charge is 0.287 e. The largest absolute Gasteiger partial charge is 0.485 e. The first kappa shape index (κ1) is 19.1. The maximum atomic E-state index is 12.1. The molecule has 0 radical (unpaired) electrons. The monoisotopic (exact) mass is 344 g/mol. The number of likely N-dealkylation sites (N-methyl/N-ethyl adjacent to an activating group) is 1. The lowest BCUT2D eigenvalue weighted by atomic mass is 10.1. The molecule has 1 N–H and O–H groups in total. The average molecular weight is 344 g/mol. The van der Waals surface area contributed by atoms with E-state index >= 15 is 0 Å². The molecule has 0 fully saturated rings. The van der Waals surface area contributed by atoms with Crippen LogP contribution in [0, 0.1) is 13.8 Å². The number of aryl methyl sites for hydroxylation is 2. The highest BCUT2D eigenvalue weighted by molar-refractivity contribution is 5.91. The van der Waals surface area contributed by atoms with Crippen molar-refractivity contribution in [1.29, 1.82) is 0 Å². The Morgan fingerprint density at radius 1 is 1.12 bits per heavy atom. The second-order valence-corrected chi connectivity index (χ2v) is 6.06. The van der Waals surface area contributed by atoms with Crippen molar-refractivity contribution in [2.45, 2.75) is 34.3 Å². The molecule has 0 atom stereocenters. The summed E-state index contributed by atoms with van der Waals surface area (Å²) < 4.78 is 11.5. The molecule has 2 aromatic rings. The maximum absolute atomic E-state index is 12.1. The normalized spacial score (nSPS) is 10.9. The van der Waals surface area contributed by atoms with Crippen molar-refractivity contribution >= 4 is 5.91 Å². The molecule has 0 aliphatic carbocycles. The van der Waals surface area contributed by atoms with Gasteiger partial charge < -0.3 is 19.4 Å². The predicted octanol–water partition coefficient (Wildman–Crippen LogP) is 3.55. The summed E-state index contributed by atoms with van der Waals surface area (Å²) in [7, 11) is 0. The van der Waals surface area contributed by atoms with E-state index in [1.807, 2.05) is 32.0 Å². The number of hydrogen-bond acceptors (Lipinski definition) is 4. The van der Waals surface area contributed by atoms with Gasteiger partial charge in [-0.05, 0) is 50.2 Å². The van der Waals surface area contributed by atoms with Gasteiger partial charge in [-0.25, -0.2) is 0 Å². The Labute approximate surface area is 150 Å². The van der Waals surface area contributed by atoms with Crippen molar-refractivity contribution in [3.63, 3.8) is 0 Å². The van der Waals surface area contributed by atoms with Gasteiger partial charge in [0.2, 0.25) is 0 Å². The average Bonchev–Trinajstić information content (AvgIpc) is 3.07. The van der Waals surface area contributed by atoms with Crippen LogP contribution in [0.2, 0.25) is 0 Å². The van der Waals surface area contributed by atoms with Gasteiger partial charge in [-0.15, -0.1) is 0 Å². The number of para-hydroxylation sites is 1. The van der Waals surface area contributed by atoms with Gasteiger partial charge in [0.05, 0.1) is 0 Å². The van der Waals surface area contributed by atoms with Gasteiger partial charge in [0.1, 0.15) is 18.1 Å². The molecule has 0 aliphatic heterocycles. The number of nitrogens with zero attached hydrogens (tertiary/aromatic N) is 1. The highest BCUT2D eigenvalue weighted by Gasteiger charge is 2.12. The molecular formula is C20H28N2O3. The Balaban J connectivity index is 1.86. The van der Waals surface area contributed by atoms with Crippen molar-refractivity contribution < 1.29 is 13.9 Å². The molecule has 1 aromatic carbocycles. The zero-order chi connectivity index (χ0) is 18.2.